The molecule has 2 atom stereocenters. The van der Waals surface area contributed by atoms with Crippen LogP contribution < -0.4 is 10.6 Å². The van der Waals surface area contributed by atoms with Crippen molar-refractivity contribution in [1.29, 1.82) is 0 Å². The van der Waals surface area contributed by atoms with Gasteiger partial charge < -0.3 is 10.6 Å². The van der Waals surface area contributed by atoms with Crippen molar-refractivity contribution < 1.29 is 9.85 Å². The lowest BCUT2D eigenvalue weighted by atomic mass is 9.81. The van der Waals surface area contributed by atoms with Crippen LogP contribution in [0, 0.1) is 66.6 Å². The molecule has 2 N–H and O–H groups in total. The second-order valence-corrected chi connectivity index (χ2v) is 15.8. The average Bonchev–Trinajstić information content (AvgIpc) is 3.64. The molecule has 1 aliphatic carbocycles. The van der Waals surface area contributed by atoms with Gasteiger partial charge in [0.15, 0.2) is 0 Å². The SMILES string of the molecule is Cn1cc(C#CC(C)(C)C)c(-c2cc([N+](=O)[O-])ccc2NCC2CCCC(CNc3ccc([N+](=O)[O-])cc3-c3nn(C)cc3C#CC(C)(C)C)C2)n1. The first-order valence-electron chi connectivity index (χ1n) is 17.6. The summed E-state index contributed by atoms with van der Waals surface area (Å²) in [5.41, 5.74) is 5.05. The average molecular weight is 705 g/mol. The summed E-state index contributed by atoms with van der Waals surface area (Å²) in [7, 11) is 3.64. The molecular formula is C40H48N8O4. The molecule has 4 aromatic rings. The third-order valence-corrected chi connectivity index (χ3v) is 8.79. The van der Waals surface area contributed by atoms with Crippen molar-refractivity contribution in [3.63, 3.8) is 0 Å². The lowest BCUT2D eigenvalue weighted by molar-refractivity contribution is -0.385. The predicted octanol–water partition coefficient (Wildman–Crippen LogP) is 8.43. The van der Waals surface area contributed by atoms with Gasteiger partial charge in [0.05, 0.1) is 21.0 Å². The van der Waals surface area contributed by atoms with Crippen molar-refractivity contribution in [2.24, 2.45) is 36.8 Å². The number of nitro benzene ring substituents is 2. The summed E-state index contributed by atoms with van der Waals surface area (Å²) < 4.78 is 3.38. The number of hydrogen-bond acceptors (Lipinski definition) is 8. The van der Waals surface area contributed by atoms with Gasteiger partial charge >= 0.3 is 0 Å². The molecule has 272 valence electrons. The van der Waals surface area contributed by atoms with E-state index in [1.807, 2.05) is 68.0 Å². The van der Waals surface area contributed by atoms with Gasteiger partial charge in [0.1, 0.15) is 11.4 Å². The maximum Gasteiger partial charge on any atom is 0.270 e. The van der Waals surface area contributed by atoms with Crippen LogP contribution in [0.2, 0.25) is 0 Å². The molecule has 2 unspecified atom stereocenters. The highest BCUT2D eigenvalue weighted by molar-refractivity contribution is 5.82. The van der Waals surface area contributed by atoms with E-state index >= 15 is 0 Å². The number of anilines is 2. The Morgan fingerprint density at radius 3 is 1.50 bits per heavy atom. The van der Waals surface area contributed by atoms with Crippen LogP contribution in [-0.2, 0) is 14.1 Å². The molecule has 2 heterocycles. The molecular weight excluding hydrogens is 656 g/mol. The Morgan fingerprint density at radius 1 is 0.731 bits per heavy atom. The third kappa shape index (κ3) is 9.79. The van der Waals surface area contributed by atoms with Crippen molar-refractivity contribution in [3.05, 3.63) is 80.1 Å². The van der Waals surface area contributed by atoms with Crippen LogP contribution in [-0.4, -0.2) is 42.5 Å². The maximum absolute atomic E-state index is 11.8. The van der Waals surface area contributed by atoms with Gasteiger partial charge in [-0.15, -0.1) is 0 Å². The number of rotatable bonds is 10. The Bertz CT molecular complexity index is 1950. The van der Waals surface area contributed by atoms with E-state index in [2.05, 4.69) is 44.5 Å². The van der Waals surface area contributed by atoms with Crippen LogP contribution in [0.5, 0.6) is 0 Å². The number of non-ortho nitro benzene ring substituents is 2. The minimum atomic E-state index is -0.389. The second kappa shape index (κ2) is 15.3. The molecule has 0 saturated heterocycles. The van der Waals surface area contributed by atoms with E-state index in [-0.39, 0.29) is 32.1 Å². The Kier molecular flexibility index (Phi) is 11.1. The lowest BCUT2D eigenvalue weighted by Gasteiger charge is -2.30. The summed E-state index contributed by atoms with van der Waals surface area (Å²) in [5.74, 6) is 13.8. The standard InChI is InChI=1S/C40H48N8O4/c1-39(2,3)18-16-29-25-45(7)43-37(29)33-21-31(47(49)50)12-14-35(33)41-23-27-10-9-11-28(20-27)24-42-36-15-13-32(48(51)52)22-34(36)38-30(26-46(8)44-38)17-19-40(4,5)6/h12-15,21-22,25-28,41-42H,9-11,20,23-24H2,1-8H3. The van der Waals surface area contributed by atoms with Gasteiger partial charge in [0.25, 0.3) is 11.4 Å². The van der Waals surface area contributed by atoms with Crippen LogP contribution in [0.3, 0.4) is 0 Å². The molecule has 0 amide bonds. The normalized spacial score (nSPS) is 15.9. The third-order valence-electron chi connectivity index (χ3n) is 8.79. The van der Waals surface area contributed by atoms with Gasteiger partial charge in [-0.2, -0.15) is 10.2 Å². The molecule has 0 spiro atoms. The van der Waals surface area contributed by atoms with Crippen LogP contribution in [0.1, 0.15) is 78.4 Å². The second-order valence-electron chi connectivity index (χ2n) is 15.8. The smallest absolute Gasteiger partial charge is 0.270 e. The molecule has 2 aromatic heterocycles. The van der Waals surface area contributed by atoms with E-state index in [1.54, 1.807) is 33.6 Å². The minimum absolute atomic E-state index is 0.00516. The summed E-state index contributed by atoms with van der Waals surface area (Å²) >= 11 is 0. The zero-order valence-corrected chi connectivity index (χ0v) is 31.3. The van der Waals surface area contributed by atoms with Crippen molar-refractivity contribution in [1.82, 2.24) is 19.6 Å². The van der Waals surface area contributed by atoms with E-state index < -0.39 is 0 Å². The van der Waals surface area contributed by atoms with Gasteiger partial charge in [-0.3, -0.25) is 29.6 Å². The first-order chi connectivity index (χ1) is 24.5. The van der Waals surface area contributed by atoms with Crippen molar-refractivity contribution in [2.45, 2.75) is 67.2 Å². The highest BCUT2D eigenvalue weighted by atomic mass is 16.6. The van der Waals surface area contributed by atoms with Gasteiger partial charge in [-0.1, -0.05) is 30.1 Å². The molecule has 5 rings (SSSR count). The fourth-order valence-electron chi connectivity index (χ4n) is 6.34. The van der Waals surface area contributed by atoms with E-state index in [4.69, 9.17) is 0 Å². The number of nitro groups is 2. The monoisotopic (exact) mass is 704 g/mol. The Labute approximate surface area is 305 Å². The molecule has 0 aliphatic heterocycles. The number of hydrogen-bond donors (Lipinski definition) is 2. The molecule has 0 radical (unpaired) electrons. The predicted molar refractivity (Wildman–Crippen MR) is 206 cm³/mol. The summed E-state index contributed by atoms with van der Waals surface area (Å²) in [6.07, 6.45) is 7.86. The van der Waals surface area contributed by atoms with Crippen LogP contribution in [0.15, 0.2) is 48.8 Å². The van der Waals surface area contributed by atoms with Crippen LogP contribution in [0.25, 0.3) is 22.5 Å². The van der Waals surface area contributed by atoms with Crippen LogP contribution >= 0.6 is 0 Å². The molecule has 0 bridgehead atoms. The number of benzene rings is 2. The molecule has 52 heavy (non-hydrogen) atoms. The van der Waals surface area contributed by atoms with Gasteiger partial charge in [-0.05, 0) is 84.8 Å². The highest BCUT2D eigenvalue weighted by Gasteiger charge is 2.25. The zero-order valence-electron chi connectivity index (χ0n) is 31.3. The summed E-state index contributed by atoms with van der Waals surface area (Å²) in [5, 5.41) is 40.1. The largest absolute Gasteiger partial charge is 0.384 e. The molecule has 12 nitrogen and oxygen atoms in total. The fraction of sp³-hybridized carbons (Fsp3) is 0.450. The summed E-state index contributed by atoms with van der Waals surface area (Å²) in [6.45, 7) is 13.6. The Balaban J connectivity index is 1.34. The zero-order chi connectivity index (χ0) is 37.8. The summed E-state index contributed by atoms with van der Waals surface area (Å²) in [4.78, 5) is 22.8. The number of aryl methyl sites for hydroxylation is 2. The number of aromatic nitrogens is 4. The molecule has 1 aliphatic rings. The topological polar surface area (TPSA) is 146 Å². The van der Waals surface area contributed by atoms with Gasteiger partial charge in [-0.25, -0.2) is 0 Å². The van der Waals surface area contributed by atoms with Gasteiger partial charge in [0, 0.05) is 97.2 Å². The maximum atomic E-state index is 11.8. The Hall–Kier alpha value is -5.62. The van der Waals surface area contributed by atoms with Crippen LogP contribution in [0.4, 0.5) is 22.7 Å². The number of nitrogens with one attached hydrogen (secondary N) is 2. The quantitative estimate of drug-likeness (QED) is 0.0950. The highest BCUT2D eigenvalue weighted by Crippen LogP contribution is 2.37. The van der Waals surface area contributed by atoms with E-state index in [0.717, 1.165) is 48.2 Å². The molecule has 12 heteroatoms. The van der Waals surface area contributed by atoms with Crippen molar-refractivity contribution >= 4 is 22.7 Å². The molecule has 2 aromatic carbocycles. The molecule has 1 fully saturated rings. The number of nitrogens with zero attached hydrogens (tertiary/aromatic N) is 6. The Morgan fingerprint density at radius 2 is 1.13 bits per heavy atom. The minimum Gasteiger partial charge on any atom is -0.384 e. The van der Waals surface area contributed by atoms with E-state index in [1.165, 1.54) is 12.1 Å². The lowest BCUT2D eigenvalue weighted by Crippen LogP contribution is -2.26. The first-order valence-corrected chi connectivity index (χ1v) is 17.6. The van der Waals surface area contributed by atoms with Gasteiger partial charge in [0.2, 0.25) is 0 Å². The van der Waals surface area contributed by atoms with Crippen molar-refractivity contribution in [3.8, 4) is 46.2 Å². The summed E-state index contributed by atoms with van der Waals surface area (Å²) in [6, 6.07) is 9.71. The van der Waals surface area contributed by atoms with Crippen molar-refractivity contribution in [2.75, 3.05) is 23.7 Å². The van der Waals surface area contributed by atoms with E-state index in [9.17, 15) is 20.2 Å². The van der Waals surface area contributed by atoms with E-state index in [0.29, 0.717) is 47.4 Å². The first kappa shape index (κ1) is 37.6. The fourth-order valence-corrected chi connectivity index (χ4v) is 6.34. The molecule has 1 saturated carbocycles.